The van der Waals surface area contributed by atoms with Crippen LogP contribution in [0.15, 0.2) is 24.3 Å². The molecule has 2 fully saturated rings. The van der Waals surface area contributed by atoms with Crippen molar-refractivity contribution in [3.63, 3.8) is 0 Å². The van der Waals surface area contributed by atoms with E-state index in [2.05, 4.69) is 4.90 Å². The summed E-state index contributed by atoms with van der Waals surface area (Å²) >= 11 is 11.6. The molecule has 0 unspecified atom stereocenters. The first-order valence-corrected chi connectivity index (χ1v) is 11.7. The average Bonchev–Trinajstić information content (AvgIpc) is 3.02. The van der Waals surface area contributed by atoms with Gasteiger partial charge in [-0.25, -0.2) is 4.68 Å². The van der Waals surface area contributed by atoms with Crippen LogP contribution in [-0.2, 0) is 23.2 Å². The van der Waals surface area contributed by atoms with Crippen molar-refractivity contribution in [3.05, 3.63) is 34.1 Å². The van der Waals surface area contributed by atoms with Gasteiger partial charge in [-0.05, 0) is 63.2 Å². The predicted octanol–water partition coefficient (Wildman–Crippen LogP) is 3.58. The summed E-state index contributed by atoms with van der Waals surface area (Å²) in [6, 6.07) is 7.62. The van der Waals surface area contributed by atoms with Crippen molar-refractivity contribution in [1.29, 1.82) is 0 Å². The van der Waals surface area contributed by atoms with Crippen molar-refractivity contribution in [2.45, 2.75) is 45.6 Å². The molecule has 31 heavy (non-hydrogen) atoms. The molecular formula is C22H30ClN5O2S. The molecule has 4 rings (SSSR count). The maximum absolute atomic E-state index is 13.0. The zero-order valence-electron chi connectivity index (χ0n) is 18.3. The van der Waals surface area contributed by atoms with Crippen LogP contribution in [0.2, 0.25) is 5.02 Å². The summed E-state index contributed by atoms with van der Waals surface area (Å²) in [4.78, 5) is 17.3. The number of hydrogen-bond donors (Lipinski definition) is 0. The SMILES string of the molecule is C[C@H]1CN(C(=O)C2CCN(Cn3nc(-c4ccc(Cl)cc4)n(C)c3=S)CC2)C[C@H](C)O1. The first kappa shape index (κ1) is 22.5. The van der Waals surface area contributed by atoms with Crippen LogP contribution in [0.4, 0.5) is 0 Å². The highest BCUT2D eigenvalue weighted by Gasteiger charge is 2.32. The second kappa shape index (κ2) is 9.40. The minimum Gasteiger partial charge on any atom is -0.372 e. The highest BCUT2D eigenvalue weighted by atomic mass is 35.5. The molecule has 168 valence electrons. The molecule has 7 nitrogen and oxygen atoms in total. The van der Waals surface area contributed by atoms with E-state index < -0.39 is 0 Å². The highest BCUT2D eigenvalue weighted by molar-refractivity contribution is 7.71. The maximum Gasteiger partial charge on any atom is 0.225 e. The maximum atomic E-state index is 13.0. The van der Waals surface area contributed by atoms with E-state index in [0.717, 1.165) is 37.3 Å². The Morgan fingerprint density at radius 3 is 2.39 bits per heavy atom. The van der Waals surface area contributed by atoms with Gasteiger partial charge >= 0.3 is 0 Å². The lowest BCUT2D eigenvalue weighted by Crippen LogP contribution is -2.51. The summed E-state index contributed by atoms with van der Waals surface area (Å²) in [6.45, 7) is 7.81. The Morgan fingerprint density at radius 2 is 1.77 bits per heavy atom. The first-order chi connectivity index (χ1) is 14.8. The van der Waals surface area contributed by atoms with Crippen LogP contribution in [0, 0.1) is 10.7 Å². The summed E-state index contributed by atoms with van der Waals surface area (Å²) in [5.41, 5.74) is 0.982. The Hall–Kier alpha value is -1.74. The Bertz CT molecular complexity index is 971. The topological polar surface area (TPSA) is 55.5 Å². The van der Waals surface area contributed by atoms with E-state index in [1.165, 1.54) is 0 Å². The van der Waals surface area contributed by atoms with Crippen LogP contribution < -0.4 is 0 Å². The summed E-state index contributed by atoms with van der Waals surface area (Å²) in [6.07, 6.45) is 1.94. The lowest BCUT2D eigenvalue weighted by atomic mass is 9.95. The summed E-state index contributed by atoms with van der Waals surface area (Å²) in [7, 11) is 1.94. The quantitative estimate of drug-likeness (QED) is 0.649. The second-order valence-corrected chi connectivity index (χ2v) is 9.51. The van der Waals surface area contributed by atoms with Crippen molar-refractivity contribution in [3.8, 4) is 11.4 Å². The minimum absolute atomic E-state index is 0.0927. The predicted molar refractivity (Wildman–Crippen MR) is 123 cm³/mol. The minimum atomic E-state index is 0.0927. The van der Waals surface area contributed by atoms with Crippen LogP contribution in [0.3, 0.4) is 0 Å². The fourth-order valence-corrected chi connectivity index (χ4v) is 4.87. The third-order valence-electron chi connectivity index (χ3n) is 6.15. The van der Waals surface area contributed by atoms with Gasteiger partial charge in [0, 0.05) is 49.7 Å². The zero-order valence-corrected chi connectivity index (χ0v) is 19.9. The molecule has 0 radical (unpaired) electrons. The molecule has 3 heterocycles. The molecule has 9 heteroatoms. The number of aromatic nitrogens is 3. The van der Waals surface area contributed by atoms with Gasteiger partial charge in [0.2, 0.25) is 5.91 Å². The van der Waals surface area contributed by atoms with E-state index in [4.69, 9.17) is 33.7 Å². The number of hydrogen-bond acceptors (Lipinski definition) is 5. The standard InChI is InChI=1S/C22H30ClN5O2S/c1-15-12-27(13-16(2)30-15)21(29)18-8-10-26(11-9-18)14-28-22(31)25(3)20(24-28)17-4-6-19(23)7-5-17/h4-7,15-16,18H,8-14H2,1-3H3/t15-,16-/m0/s1. The molecule has 2 aliphatic heterocycles. The Balaban J connectivity index is 1.37. The molecule has 1 amide bonds. The molecule has 0 N–H and O–H groups in total. The smallest absolute Gasteiger partial charge is 0.225 e. The third kappa shape index (κ3) is 5.03. The molecule has 0 aliphatic carbocycles. The summed E-state index contributed by atoms with van der Waals surface area (Å²) in [5, 5.41) is 5.45. The van der Waals surface area contributed by atoms with Gasteiger partial charge in [-0.15, -0.1) is 0 Å². The number of nitrogens with zero attached hydrogens (tertiary/aromatic N) is 5. The van der Waals surface area contributed by atoms with Gasteiger partial charge in [-0.2, -0.15) is 5.10 Å². The molecule has 2 aromatic rings. The number of likely N-dealkylation sites (tertiary alicyclic amines) is 1. The number of carbonyl (C=O) groups is 1. The lowest BCUT2D eigenvalue weighted by molar-refractivity contribution is -0.149. The lowest BCUT2D eigenvalue weighted by Gasteiger charge is -2.39. The molecule has 1 aromatic carbocycles. The van der Waals surface area contributed by atoms with Gasteiger partial charge in [-0.3, -0.25) is 9.69 Å². The molecular weight excluding hydrogens is 434 g/mol. The van der Waals surface area contributed by atoms with Crippen LogP contribution in [0.25, 0.3) is 11.4 Å². The molecule has 2 atom stereocenters. The van der Waals surface area contributed by atoms with Crippen molar-refractivity contribution >= 4 is 29.7 Å². The molecule has 2 saturated heterocycles. The number of rotatable bonds is 4. The van der Waals surface area contributed by atoms with E-state index in [0.29, 0.717) is 29.6 Å². The fourth-order valence-electron chi connectivity index (χ4n) is 4.56. The van der Waals surface area contributed by atoms with Gasteiger partial charge in [0.25, 0.3) is 0 Å². The normalized spacial score (nSPS) is 23.3. The van der Waals surface area contributed by atoms with E-state index in [-0.39, 0.29) is 24.0 Å². The largest absolute Gasteiger partial charge is 0.372 e. The van der Waals surface area contributed by atoms with Gasteiger partial charge in [-0.1, -0.05) is 11.6 Å². The van der Waals surface area contributed by atoms with Crippen molar-refractivity contribution in [2.75, 3.05) is 26.2 Å². The van der Waals surface area contributed by atoms with E-state index in [1.807, 2.05) is 59.3 Å². The number of amides is 1. The van der Waals surface area contributed by atoms with Gasteiger partial charge in [0.15, 0.2) is 10.6 Å². The van der Waals surface area contributed by atoms with Gasteiger partial charge in [0.1, 0.15) is 0 Å². The van der Waals surface area contributed by atoms with Crippen LogP contribution in [-0.4, -0.2) is 68.4 Å². The summed E-state index contributed by atoms with van der Waals surface area (Å²) in [5.74, 6) is 1.19. The van der Waals surface area contributed by atoms with Crippen LogP contribution >= 0.6 is 23.8 Å². The van der Waals surface area contributed by atoms with Gasteiger partial charge < -0.3 is 14.2 Å². The van der Waals surface area contributed by atoms with Crippen LogP contribution in [0.5, 0.6) is 0 Å². The molecule has 0 bridgehead atoms. The third-order valence-corrected chi connectivity index (χ3v) is 6.88. The average molecular weight is 464 g/mol. The van der Waals surface area contributed by atoms with E-state index >= 15 is 0 Å². The van der Waals surface area contributed by atoms with Crippen molar-refractivity contribution < 1.29 is 9.53 Å². The number of morpholine rings is 1. The fraction of sp³-hybridized carbons (Fsp3) is 0.591. The van der Waals surface area contributed by atoms with Crippen LogP contribution in [0.1, 0.15) is 26.7 Å². The first-order valence-electron chi connectivity index (χ1n) is 10.9. The molecule has 2 aliphatic rings. The van der Waals surface area contributed by atoms with Crippen molar-refractivity contribution in [2.24, 2.45) is 13.0 Å². The highest BCUT2D eigenvalue weighted by Crippen LogP contribution is 2.24. The summed E-state index contributed by atoms with van der Waals surface area (Å²) < 4.78 is 10.2. The number of halogens is 1. The number of ether oxygens (including phenoxy) is 1. The number of carbonyl (C=O) groups excluding carboxylic acids is 1. The zero-order chi connectivity index (χ0) is 22.1. The number of benzene rings is 1. The Morgan fingerprint density at radius 1 is 1.16 bits per heavy atom. The van der Waals surface area contributed by atoms with E-state index in [9.17, 15) is 4.79 Å². The number of piperidine rings is 1. The molecule has 0 spiro atoms. The van der Waals surface area contributed by atoms with Crippen molar-refractivity contribution in [1.82, 2.24) is 24.1 Å². The van der Waals surface area contributed by atoms with Gasteiger partial charge in [0.05, 0.1) is 18.9 Å². The second-order valence-electron chi connectivity index (χ2n) is 8.71. The molecule has 0 saturated carbocycles. The van der Waals surface area contributed by atoms with E-state index in [1.54, 1.807) is 0 Å². The monoisotopic (exact) mass is 463 g/mol. The molecule has 1 aromatic heterocycles. The Kier molecular flexibility index (Phi) is 6.81. The Labute approximate surface area is 193 Å².